The van der Waals surface area contributed by atoms with Crippen LogP contribution in [0.4, 0.5) is 4.79 Å². The van der Waals surface area contributed by atoms with Gasteiger partial charge in [-0.3, -0.25) is 0 Å². The van der Waals surface area contributed by atoms with Crippen LogP contribution in [0.3, 0.4) is 0 Å². The highest BCUT2D eigenvalue weighted by Crippen LogP contribution is 2.32. The van der Waals surface area contributed by atoms with Crippen molar-refractivity contribution in [2.45, 2.75) is 57.7 Å². The van der Waals surface area contributed by atoms with Crippen LogP contribution >= 0.6 is 0 Å². The van der Waals surface area contributed by atoms with Crippen molar-refractivity contribution in [2.24, 2.45) is 0 Å². The third kappa shape index (κ3) is 3.18. The fourth-order valence-electron chi connectivity index (χ4n) is 2.10. The molecule has 0 radical (unpaired) electrons. The van der Waals surface area contributed by atoms with Gasteiger partial charge in [0.15, 0.2) is 0 Å². The van der Waals surface area contributed by atoms with Gasteiger partial charge in [-0.25, -0.2) is 4.79 Å². The van der Waals surface area contributed by atoms with E-state index in [4.69, 9.17) is 5.11 Å². The third-order valence-corrected chi connectivity index (χ3v) is 2.44. The molecule has 1 amide bonds. The minimum absolute atomic E-state index is 0.106. The Bertz CT molecular complexity index is 227. The fourth-order valence-corrected chi connectivity index (χ4v) is 2.10. The number of carboxylic acid groups (broad SMARTS) is 1. The maximum atomic E-state index is 10.5. The van der Waals surface area contributed by atoms with E-state index in [0.29, 0.717) is 6.04 Å². The van der Waals surface area contributed by atoms with Crippen molar-refractivity contribution in [3.63, 3.8) is 0 Å². The van der Waals surface area contributed by atoms with Gasteiger partial charge in [0.2, 0.25) is 0 Å². The average Bonchev–Trinajstić information content (AvgIpc) is 1.76. The Morgan fingerprint density at radius 3 is 2.29 bits per heavy atom. The normalized spacial score (nSPS) is 32.1. The summed E-state index contributed by atoms with van der Waals surface area (Å²) in [6.07, 6.45) is 0.814. The van der Waals surface area contributed by atoms with Crippen LogP contribution in [0.2, 0.25) is 0 Å². The maximum Gasteiger partial charge on any atom is 0.405 e. The molecule has 4 heteroatoms. The number of hydrogen-bond donors (Lipinski definition) is 3. The van der Waals surface area contributed by atoms with Crippen LogP contribution in [-0.2, 0) is 0 Å². The summed E-state index contributed by atoms with van der Waals surface area (Å²) >= 11 is 0. The highest BCUT2D eigenvalue weighted by molar-refractivity contribution is 5.65. The molecule has 0 saturated heterocycles. The summed E-state index contributed by atoms with van der Waals surface area (Å²) in [4.78, 5) is 10.5. The van der Waals surface area contributed by atoms with Crippen LogP contribution in [0.1, 0.15) is 40.5 Å². The topological polar surface area (TPSA) is 61.4 Å². The first kappa shape index (κ1) is 11.3. The lowest BCUT2D eigenvalue weighted by Gasteiger charge is -2.47. The van der Waals surface area contributed by atoms with Gasteiger partial charge in [-0.15, -0.1) is 0 Å². The Morgan fingerprint density at radius 2 is 1.93 bits per heavy atom. The number of rotatable bonds is 2. The van der Waals surface area contributed by atoms with E-state index >= 15 is 0 Å². The van der Waals surface area contributed by atoms with E-state index in [2.05, 4.69) is 31.4 Å². The quantitative estimate of drug-likeness (QED) is 0.634. The monoisotopic (exact) mass is 200 g/mol. The minimum Gasteiger partial charge on any atom is -0.465 e. The van der Waals surface area contributed by atoms with E-state index in [1.54, 1.807) is 0 Å². The molecule has 0 aliphatic heterocycles. The molecule has 1 rings (SSSR count). The summed E-state index contributed by atoms with van der Waals surface area (Å²) in [5.41, 5.74) is -0.121. The molecular formula is C10H20N2O2. The second kappa shape index (κ2) is 3.42. The van der Waals surface area contributed by atoms with Crippen molar-refractivity contribution in [1.82, 2.24) is 10.6 Å². The predicted octanol–water partition coefficient (Wildman–Crippen LogP) is 1.56. The van der Waals surface area contributed by atoms with Gasteiger partial charge < -0.3 is 15.7 Å². The average molecular weight is 200 g/mol. The summed E-state index contributed by atoms with van der Waals surface area (Å²) in [6.45, 7) is 8.30. The van der Waals surface area contributed by atoms with E-state index in [1.807, 2.05) is 6.92 Å². The zero-order valence-electron chi connectivity index (χ0n) is 9.35. The summed E-state index contributed by atoms with van der Waals surface area (Å²) in [6, 6.07) is 0.437. The molecule has 3 N–H and O–H groups in total. The lowest BCUT2D eigenvalue weighted by molar-refractivity contribution is 0.115. The van der Waals surface area contributed by atoms with E-state index in [-0.39, 0.29) is 11.1 Å². The largest absolute Gasteiger partial charge is 0.465 e. The third-order valence-electron chi connectivity index (χ3n) is 2.44. The Hall–Kier alpha value is -0.770. The van der Waals surface area contributed by atoms with Crippen LogP contribution in [0, 0.1) is 0 Å². The number of nitrogens with one attached hydrogen (secondary N) is 2. The molecule has 1 saturated carbocycles. The first-order chi connectivity index (χ1) is 6.20. The molecule has 0 heterocycles. The predicted molar refractivity (Wildman–Crippen MR) is 55.5 cm³/mol. The number of hydrogen-bond acceptors (Lipinski definition) is 2. The molecule has 1 aliphatic rings. The molecule has 0 aromatic carbocycles. The highest BCUT2D eigenvalue weighted by atomic mass is 16.4. The van der Waals surface area contributed by atoms with Crippen molar-refractivity contribution in [3.8, 4) is 0 Å². The van der Waals surface area contributed by atoms with Crippen LogP contribution in [0.5, 0.6) is 0 Å². The molecular weight excluding hydrogens is 180 g/mol. The minimum atomic E-state index is -0.929. The van der Waals surface area contributed by atoms with Crippen LogP contribution < -0.4 is 10.6 Å². The number of carbonyl (C=O) groups is 1. The van der Waals surface area contributed by atoms with Crippen molar-refractivity contribution in [2.75, 3.05) is 0 Å². The first-order valence-electron chi connectivity index (χ1n) is 4.99. The van der Waals surface area contributed by atoms with Crippen molar-refractivity contribution < 1.29 is 9.90 Å². The van der Waals surface area contributed by atoms with E-state index in [0.717, 1.165) is 12.8 Å². The van der Waals surface area contributed by atoms with Gasteiger partial charge in [0.25, 0.3) is 0 Å². The van der Waals surface area contributed by atoms with Crippen LogP contribution in [0.25, 0.3) is 0 Å². The van der Waals surface area contributed by atoms with E-state index in [9.17, 15) is 4.79 Å². The number of amides is 1. The molecule has 82 valence electrons. The van der Waals surface area contributed by atoms with Gasteiger partial charge in [-0.05, 0) is 40.5 Å². The molecule has 4 nitrogen and oxygen atoms in total. The molecule has 0 spiro atoms. The fraction of sp³-hybridized carbons (Fsp3) is 0.900. The van der Waals surface area contributed by atoms with E-state index in [1.165, 1.54) is 0 Å². The van der Waals surface area contributed by atoms with Gasteiger partial charge in [0.05, 0.1) is 0 Å². The summed E-state index contributed by atoms with van der Waals surface area (Å²) in [5, 5.41) is 14.6. The Labute approximate surface area is 85.1 Å². The van der Waals surface area contributed by atoms with Gasteiger partial charge in [0.1, 0.15) is 0 Å². The first-order valence-corrected chi connectivity index (χ1v) is 4.99. The smallest absolute Gasteiger partial charge is 0.405 e. The second-order valence-electron chi connectivity index (χ2n) is 5.49. The summed E-state index contributed by atoms with van der Waals surface area (Å²) < 4.78 is 0. The lowest BCUT2D eigenvalue weighted by Crippen LogP contribution is -2.63. The van der Waals surface area contributed by atoms with Crippen molar-refractivity contribution in [1.29, 1.82) is 0 Å². The molecule has 14 heavy (non-hydrogen) atoms. The second-order valence-corrected chi connectivity index (χ2v) is 5.49. The lowest BCUT2D eigenvalue weighted by atomic mass is 9.73. The summed E-state index contributed by atoms with van der Waals surface area (Å²) in [5.74, 6) is 0. The molecule has 0 bridgehead atoms. The van der Waals surface area contributed by atoms with Gasteiger partial charge in [-0.1, -0.05) is 0 Å². The Balaban J connectivity index is 2.32. The summed E-state index contributed by atoms with van der Waals surface area (Å²) in [7, 11) is 0. The molecule has 0 aromatic rings. The maximum absolute atomic E-state index is 10.5. The van der Waals surface area contributed by atoms with Crippen LogP contribution in [-0.4, -0.2) is 28.3 Å². The Morgan fingerprint density at radius 1 is 1.43 bits per heavy atom. The van der Waals surface area contributed by atoms with Gasteiger partial charge in [-0.2, -0.15) is 0 Å². The highest BCUT2D eigenvalue weighted by Gasteiger charge is 2.42. The van der Waals surface area contributed by atoms with Crippen molar-refractivity contribution in [3.05, 3.63) is 0 Å². The zero-order valence-corrected chi connectivity index (χ0v) is 9.35. The molecule has 0 atom stereocenters. The SMILES string of the molecule is CC(C)(C)NC1CC(C)(NC(=O)O)C1. The van der Waals surface area contributed by atoms with Gasteiger partial charge in [0, 0.05) is 17.1 Å². The van der Waals surface area contributed by atoms with Crippen LogP contribution in [0.15, 0.2) is 0 Å². The van der Waals surface area contributed by atoms with Gasteiger partial charge >= 0.3 is 6.09 Å². The molecule has 0 aromatic heterocycles. The van der Waals surface area contributed by atoms with E-state index < -0.39 is 6.09 Å². The Kier molecular flexibility index (Phi) is 2.76. The molecule has 0 unspecified atom stereocenters. The standard InChI is InChI=1S/C10H20N2O2/c1-9(2,3)11-7-5-10(4,6-7)12-8(13)14/h7,11-12H,5-6H2,1-4H3,(H,13,14). The molecule has 1 fully saturated rings. The van der Waals surface area contributed by atoms with Crippen molar-refractivity contribution >= 4 is 6.09 Å². The molecule has 1 aliphatic carbocycles. The zero-order chi connectivity index (χ0) is 11.0.